The van der Waals surface area contributed by atoms with Crippen molar-refractivity contribution in [2.45, 2.75) is 31.1 Å². The summed E-state index contributed by atoms with van der Waals surface area (Å²) in [6, 6.07) is -0.935. The lowest BCUT2D eigenvalue weighted by molar-refractivity contribution is -0.147. The molecule has 102 valence electrons. The quantitative estimate of drug-likeness (QED) is 0.459. The van der Waals surface area contributed by atoms with E-state index in [0.29, 0.717) is 0 Å². The maximum absolute atomic E-state index is 12.2. The third kappa shape index (κ3) is 2.67. The number of rotatable bonds is 4. The molecule has 1 aliphatic heterocycles. The van der Waals surface area contributed by atoms with Gasteiger partial charge in [-0.15, -0.1) is 0 Å². The average Bonchev–Trinajstić information content (AvgIpc) is 2.57. The Balaban J connectivity index is 3.00. The number of likely N-dealkylation sites (tertiary alicyclic amines) is 1. The molecule has 1 fully saturated rings. The molecule has 1 heterocycles. The number of likely N-dealkylation sites (N-methyl/N-ethyl adjacent to an activating group) is 1. The number of imide groups is 1. The summed E-state index contributed by atoms with van der Waals surface area (Å²) in [4.78, 5) is 36.7. The van der Waals surface area contributed by atoms with Gasteiger partial charge in [-0.3, -0.25) is 19.3 Å². The molecular weight excluding hydrogens is 254 g/mol. The number of carbonyl (C=O) groups is 3. The summed E-state index contributed by atoms with van der Waals surface area (Å²) in [5, 5.41) is 2.40. The normalized spacial score (nSPS) is 22.3. The van der Waals surface area contributed by atoms with E-state index >= 15 is 0 Å². The first-order valence-electron chi connectivity index (χ1n) is 5.74. The molecule has 3 N–H and O–H groups in total. The zero-order chi connectivity index (χ0) is 14.1. The average molecular weight is 273 g/mol. The van der Waals surface area contributed by atoms with Crippen LogP contribution in [0.2, 0.25) is 0 Å². The van der Waals surface area contributed by atoms with Gasteiger partial charge in [-0.25, -0.2) is 0 Å². The van der Waals surface area contributed by atoms with Crippen LogP contribution in [0.15, 0.2) is 0 Å². The van der Waals surface area contributed by atoms with Gasteiger partial charge in [0.15, 0.2) is 0 Å². The maximum Gasteiger partial charge on any atom is 0.244 e. The fourth-order valence-electron chi connectivity index (χ4n) is 2.03. The van der Waals surface area contributed by atoms with Gasteiger partial charge in [0.2, 0.25) is 17.7 Å². The Morgan fingerprint density at radius 3 is 2.50 bits per heavy atom. The second kappa shape index (κ2) is 5.27. The smallest absolute Gasteiger partial charge is 0.244 e. The number of nitrogens with one attached hydrogen (secondary N) is 1. The molecule has 1 aliphatic rings. The van der Waals surface area contributed by atoms with Crippen molar-refractivity contribution in [3.05, 3.63) is 0 Å². The van der Waals surface area contributed by atoms with Gasteiger partial charge in [-0.1, -0.05) is 13.8 Å². The van der Waals surface area contributed by atoms with Crippen molar-refractivity contribution in [2.24, 2.45) is 11.7 Å². The lowest BCUT2D eigenvalue weighted by Crippen LogP contribution is -2.53. The summed E-state index contributed by atoms with van der Waals surface area (Å²) in [5.74, 6) is -1.70. The van der Waals surface area contributed by atoms with Gasteiger partial charge < -0.3 is 11.1 Å². The molecule has 0 aromatic carbocycles. The highest BCUT2D eigenvalue weighted by molar-refractivity contribution is 7.81. The summed E-state index contributed by atoms with van der Waals surface area (Å²) >= 11 is 4.33. The van der Waals surface area contributed by atoms with Gasteiger partial charge in [0, 0.05) is 24.8 Å². The van der Waals surface area contributed by atoms with Crippen LogP contribution in [0.1, 0.15) is 20.3 Å². The van der Waals surface area contributed by atoms with Crippen LogP contribution in [0.3, 0.4) is 0 Å². The molecule has 6 nitrogen and oxygen atoms in total. The van der Waals surface area contributed by atoms with Crippen LogP contribution in [0.5, 0.6) is 0 Å². The topological polar surface area (TPSA) is 92.5 Å². The van der Waals surface area contributed by atoms with Crippen molar-refractivity contribution in [3.8, 4) is 0 Å². The van der Waals surface area contributed by atoms with Crippen LogP contribution in [0.4, 0.5) is 0 Å². The van der Waals surface area contributed by atoms with E-state index < -0.39 is 22.6 Å². The Morgan fingerprint density at radius 1 is 1.61 bits per heavy atom. The predicted octanol–water partition coefficient (Wildman–Crippen LogP) is -0.857. The molecule has 0 spiro atoms. The van der Waals surface area contributed by atoms with E-state index in [4.69, 9.17) is 5.73 Å². The summed E-state index contributed by atoms with van der Waals surface area (Å²) in [6.07, 6.45) is 0.0722. The molecule has 18 heavy (non-hydrogen) atoms. The highest BCUT2D eigenvalue weighted by atomic mass is 32.1. The van der Waals surface area contributed by atoms with Crippen molar-refractivity contribution in [2.75, 3.05) is 13.6 Å². The zero-order valence-corrected chi connectivity index (χ0v) is 11.7. The third-order valence-electron chi connectivity index (χ3n) is 3.12. The van der Waals surface area contributed by atoms with Gasteiger partial charge in [-0.05, 0) is 0 Å². The minimum Gasteiger partial charge on any atom is -0.357 e. The van der Waals surface area contributed by atoms with Gasteiger partial charge in [0.1, 0.15) is 6.04 Å². The van der Waals surface area contributed by atoms with Crippen LogP contribution in [0.25, 0.3) is 0 Å². The summed E-state index contributed by atoms with van der Waals surface area (Å²) in [5.41, 5.74) is 5.48. The number of nitrogens with two attached hydrogens (primary N) is 1. The van der Waals surface area contributed by atoms with E-state index in [0.717, 1.165) is 4.90 Å². The Bertz CT molecular complexity index is 378. The number of hydrogen-bond donors (Lipinski definition) is 3. The number of nitrogens with zero attached hydrogens (tertiary/aromatic N) is 1. The molecule has 0 aromatic heterocycles. The van der Waals surface area contributed by atoms with Crippen molar-refractivity contribution in [1.29, 1.82) is 0 Å². The zero-order valence-electron chi connectivity index (χ0n) is 10.8. The number of thiol groups is 1. The molecule has 7 heteroatoms. The first kappa shape index (κ1) is 15.0. The van der Waals surface area contributed by atoms with Gasteiger partial charge in [-0.2, -0.15) is 12.6 Å². The van der Waals surface area contributed by atoms with Crippen LogP contribution in [0, 0.1) is 5.92 Å². The lowest BCUT2D eigenvalue weighted by atomic mass is 9.93. The number of hydrogen-bond acceptors (Lipinski definition) is 5. The van der Waals surface area contributed by atoms with E-state index in [-0.39, 0.29) is 24.8 Å². The van der Waals surface area contributed by atoms with Crippen LogP contribution in [-0.4, -0.2) is 47.0 Å². The molecule has 0 radical (unpaired) electrons. The highest BCUT2D eigenvalue weighted by Gasteiger charge is 2.48. The first-order valence-corrected chi connectivity index (χ1v) is 6.18. The molecule has 0 aliphatic carbocycles. The molecule has 0 saturated carbocycles. The third-order valence-corrected chi connectivity index (χ3v) is 3.43. The Morgan fingerprint density at radius 2 is 2.17 bits per heavy atom. The molecule has 2 unspecified atom stereocenters. The molecule has 1 rings (SSSR count). The standard InChI is InChI=1S/C11H19N3O3S/c1-11(2,18)6-4-8(15)14(10(6)17)7(5-12)9(16)13-3/h6-7,18H,4-5,12H2,1-3H3,(H,13,16). The number of carbonyl (C=O) groups excluding carboxylic acids is 3. The monoisotopic (exact) mass is 273 g/mol. The molecular formula is C11H19N3O3S. The highest BCUT2D eigenvalue weighted by Crippen LogP contribution is 2.34. The predicted molar refractivity (Wildman–Crippen MR) is 69.9 cm³/mol. The van der Waals surface area contributed by atoms with E-state index in [1.807, 2.05) is 0 Å². The minimum atomic E-state index is -0.935. The fourth-order valence-corrected chi connectivity index (χ4v) is 2.23. The second-order valence-electron chi connectivity index (χ2n) is 4.88. The molecule has 0 bridgehead atoms. The van der Waals surface area contributed by atoms with Crippen LogP contribution < -0.4 is 11.1 Å². The van der Waals surface area contributed by atoms with Crippen LogP contribution >= 0.6 is 12.6 Å². The number of amides is 3. The maximum atomic E-state index is 12.2. The lowest BCUT2D eigenvalue weighted by Gasteiger charge is -2.27. The van der Waals surface area contributed by atoms with E-state index in [9.17, 15) is 14.4 Å². The Hall–Kier alpha value is -1.08. The molecule has 0 aromatic rings. The summed E-state index contributed by atoms with van der Waals surface area (Å²) in [6.45, 7) is 3.45. The van der Waals surface area contributed by atoms with Crippen molar-refractivity contribution < 1.29 is 14.4 Å². The Kier molecular flexibility index (Phi) is 4.39. The fraction of sp³-hybridized carbons (Fsp3) is 0.727. The van der Waals surface area contributed by atoms with Crippen molar-refractivity contribution in [3.63, 3.8) is 0 Å². The van der Waals surface area contributed by atoms with Gasteiger partial charge >= 0.3 is 0 Å². The van der Waals surface area contributed by atoms with Crippen LogP contribution in [-0.2, 0) is 14.4 Å². The van der Waals surface area contributed by atoms with Crippen molar-refractivity contribution >= 4 is 30.4 Å². The summed E-state index contributed by atoms with van der Waals surface area (Å²) in [7, 11) is 1.44. The Labute approximate surface area is 112 Å². The largest absolute Gasteiger partial charge is 0.357 e. The van der Waals surface area contributed by atoms with E-state index in [1.54, 1.807) is 13.8 Å². The van der Waals surface area contributed by atoms with Gasteiger partial charge in [0.05, 0.1) is 5.92 Å². The SMILES string of the molecule is CNC(=O)C(CN)N1C(=O)CC(C(C)(C)S)C1=O. The summed E-state index contributed by atoms with van der Waals surface area (Å²) < 4.78 is -0.608. The second-order valence-corrected chi connectivity index (χ2v) is 6.03. The van der Waals surface area contributed by atoms with Gasteiger partial charge in [0.25, 0.3) is 0 Å². The molecule has 1 saturated heterocycles. The van der Waals surface area contributed by atoms with Crippen molar-refractivity contribution in [1.82, 2.24) is 10.2 Å². The molecule has 3 amide bonds. The van der Waals surface area contributed by atoms with E-state index in [1.165, 1.54) is 7.05 Å². The minimum absolute atomic E-state index is 0.0722. The van der Waals surface area contributed by atoms with E-state index in [2.05, 4.69) is 17.9 Å². The first-order chi connectivity index (χ1) is 8.23. The molecule has 2 atom stereocenters.